The summed E-state index contributed by atoms with van der Waals surface area (Å²) in [6.45, 7) is -2.45. The van der Waals surface area contributed by atoms with E-state index >= 15 is 0 Å². The maximum atomic E-state index is 14.6. The van der Waals surface area contributed by atoms with Crippen molar-refractivity contribution in [2.75, 3.05) is 4.72 Å². The third-order valence-corrected chi connectivity index (χ3v) is 6.67. The number of ether oxygens (including phenoxy) is 1. The second-order valence-corrected chi connectivity index (χ2v) is 9.26. The maximum absolute atomic E-state index is 14.6. The van der Waals surface area contributed by atoms with E-state index in [1.54, 1.807) is 0 Å². The third-order valence-electron chi connectivity index (χ3n) is 5.00. The van der Waals surface area contributed by atoms with Gasteiger partial charge in [-0.2, -0.15) is 8.78 Å². The predicted molar refractivity (Wildman–Crippen MR) is 112 cm³/mol. The Bertz CT molecular complexity index is 1250. The van der Waals surface area contributed by atoms with Gasteiger partial charge < -0.3 is 9.30 Å². The molecule has 0 amide bonds. The summed E-state index contributed by atoms with van der Waals surface area (Å²) in [5, 5.41) is 7.97. The monoisotopic (exact) mass is 486 g/mol. The van der Waals surface area contributed by atoms with E-state index in [1.165, 1.54) is 12.1 Å². The summed E-state index contributed by atoms with van der Waals surface area (Å²) in [5.41, 5.74) is 0.209. The molecule has 1 aromatic heterocycles. The normalized spacial score (nSPS) is 14.2. The van der Waals surface area contributed by atoms with Crippen LogP contribution >= 0.6 is 11.6 Å². The topological polar surface area (TPSA) is 86.1 Å². The minimum Gasteiger partial charge on any atom is -0.433 e. The van der Waals surface area contributed by atoms with Crippen LogP contribution in [0, 0.1) is 5.82 Å². The molecule has 1 aliphatic rings. The highest BCUT2D eigenvalue weighted by Gasteiger charge is 2.21. The van der Waals surface area contributed by atoms with Crippen molar-refractivity contribution in [3.8, 4) is 17.1 Å². The van der Waals surface area contributed by atoms with Gasteiger partial charge >= 0.3 is 6.61 Å². The van der Waals surface area contributed by atoms with E-state index in [1.807, 2.05) is 4.57 Å². The first-order valence-electron chi connectivity index (χ1n) is 9.74. The highest BCUT2D eigenvalue weighted by Crippen LogP contribution is 2.31. The fourth-order valence-corrected chi connectivity index (χ4v) is 4.86. The van der Waals surface area contributed by atoms with Crippen molar-refractivity contribution >= 4 is 27.3 Å². The molecular formula is C20H18ClF3N4O3S. The van der Waals surface area contributed by atoms with Gasteiger partial charge in [-0.3, -0.25) is 4.72 Å². The average Bonchev–Trinajstić information content (AvgIpc) is 2.98. The van der Waals surface area contributed by atoms with Gasteiger partial charge in [-0.1, -0.05) is 18.0 Å². The molecule has 1 N–H and O–H groups in total. The lowest BCUT2D eigenvalue weighted by Gasteiger charge is -2.13. The number of nitrogens with zero attached hydrogens (tertiary/aromatic N) is 3. The van der Waals surface area contributed by atoms with E-state index < -0.39 is 22.5 Å². The molecule has 0 spiro atoms. The first kappa shape index (κ1) is 22.4. The summed E-state index contributed by atoms with van der Waals surface area (Å²) >= 11 is 5.86. The van der Waals surface area contributed by atoms with Gasteiger partial charge in [0, 0.05) is 18.7 Å². The van der Waals surface area contributed by atoms with Crippen LogP contribution in [0.1, 0.15) is 25.1 Å². The molecule has 1 aliphatic heterocycles. The van der Waals surface area contributed by atoms with E-state index in [9.17, 15) is 21.6 Å². The van der Waals surface area contributed by atoms with E-state index in [4.69, 9.17) is 11.6 Å². The lowest BCUT2D eigenvalue weighted by atomic mass is 10.1. The average molecular weight is 487 g/mol. The minimum absolute atomic E-state index is 0.0939. The van der Waals surface area contributed by atoms with Crippen LogP contribution < -0.4 is 9.46 Å². The first-order valence-corrected chi connectivity index (χ1v) is 11.6. The van der Waals surface area contributed by atoms with Crippen molar-refractivity contribution < 1.29 is 26.3 Å². The Hall–Kier alpha value is -2.79. The van der Waals surface area contributed by atoms with Crippen LogP contribution in [0.5, 0.6) is 5.75 Å². The van der Waals surface area contributed by atoms with Gasteiger partial charge in [-0.25, -0.2) is 12.8 Å². The van der Waals surface area contributed by atoms with Gasteiger partial charge in [0.25, 0.3) is 10.0 Å². The van der Waals surface area contributed by atoms with Crippen molar-refractivity contribution in [2.24, 2.45) is 0 Å². The first-order chi connectivity index (χ1) is 15.2. The van der Waals surface area contributed by atoms with Crippen molar-refractivity contribution in [1.29, 1.82) is 0 Å². The molecule has 0 bridgehead atoms. The van der Waals surface area contributed by atoms with E-state index in [2.05, 4.69) is 19.7 Å². The number of benzene rings is 2. The lowest BCUT2D eigenvalue weighted by molar-refractivity contribution is -0.0498. The van der Waals surface area contributed by atoms with Gasteiger partial charge in [0.2, 0.25) is 0 Å². The van der Waals surface area contributed by atoms with Gasteiger partial charge in [0.1, 0.15) is 17.4 Å². The number of sulfonamides is 1. The van der Waals surface area contributed by atoms with Crippen LogP contribution in [-0.4, -0.2) is 29.8 Å². The summed E-state index contributed by atoms with van der Waals surface area (Å²) in [4.78, 5) is -0.272. The van der Waals surface area contributed by atoms with Gasteiger partial charge in [0.15, 0.2) is 5.82 Å². The number of aromatic nitrogens is 3. The number of aryl methyl sites for hydroxylation is 1. The summed E-state index contributed by atoms with van der Waals surface area (Å²) in [7, 11) is -4.15. The summed E-state index contributed by atoms with van der Waals surface area (Å²) in [6, 6.07) is 6.85. The molecule has 0 saturated heterocycles. The number of anilines is 1. The smallest absolute Gasteiger partial charge is 0.387 e. The van der Waals surface area contributed by atoms with Crippen molar-refractivity contribution in [1.82, 2.24) is 14.8 Å². The van der Waals surface area contributed by atoms with Crippen molar-refractivity contribution in [2.45, 2.75) is 43.7 Å². The van der Waals surface area contributed by atoms with E-state index in [0.29, 0.717) is 12.4 Å². The highest BCUT2D eigenvalue weighted by atomic mass is 35.5. The Morgan fingerprint density at radius 2 is 1.91 bits per heavy atom. The molecule has 3 aromatic rings. The lowest BCUT2D eigenvalue weighted by Crippen LogP contribution is -2.13. The van der Waals surface area contributed by atoms with E-state index in [0.717, 1.165) is 55.8 Å². The van der Waals surface area contributed by atoms with Crippen LogP contribution in [0.15, 0.2) is 41.3 Å². The predicted octanol–water partition coefficient (Wildman–Crippen LogP) is 4.87. The fraction of sp³-hybridized carbons (Fsp3) is 0.300. The van der Waals surface area contributed by atoms with Crippen LogP contribution in [0.4, 0.5) is 18.9 Å². The second kappa shape index (κ2) is 8.99. The van der Waals surface area contributed by atoms with Crippen molar-refractivity contribution in [3.63, 3.8) is 0 Å². The molecule has 0 unspecified atom stereocenters. The zero-order chi connectivity index (χ0) is 22.9. The number of hydrogen-bond acceptors (Lipinski definition) is 5. The van der Waals surface area contributed by atoms with Crippen LogP contribution in [0.3, 0.4) is 0 Å². The zero-order valence-electron chi connectivity index (χ0n) is 16.6. The summed E-state index contributed by atoms with van der Waals surface area (Å²) < 4.78 is 73.3. The molecule has 32 heavy (non-hydrogen) atoms. The molecule has 0 saturated carbocycles. The van der Waals surface area contributed by atoms with Crippen LogP contribution in [0.2, 0.25) is 5.02 Å². The molecule has 0 radical (unpaired) electrons. The molecule has 0 fully saturated rings. The Labute approximate surface area is 187 Å². The number of nitrogens with one attached hydrogen (secondary N) is 1. The Morgan fingerprint density at radius 1 is 1.09 bits per heavy atom. The molecule has 170 valence electrons. The molecule has 0 aliphatic carbocycles. The third kappa shape index (κ3) is 4.68. The molecule has 12 heteroatoms. The minimum atomic E-state index is -4.15. The van der Waals surface area contributed by atoms with E-state index in [-0.39, 0.29) is 26.9 Å². The highest BCUT2D eigenvalue weighted by molar-refractivity contribution is 7.92. The number of fused-ring (bicyclic) bond motifs is 1. The Morgan fingerprint density at radius 3 is 2.66 bits per heavy atom. The number of halogens is 4. The maximum Gasteiger partial charge on any atom is 0.387 e. The number of hydrogen-bond donors (Lipinski definition) is 1. The number of rotatable bonds is 6. The second-order valence-electron chi connectivity index (χ2n) is 7.17. The van der Waals surface area contributed by atoms with Gasteiger partial charge in [-0.15, -0.1) is 10.2 Å². The van der Waals surface area contributed by atoms with Gasteiger partial charge in [-0.05, 0) is 49.2 Å². The Kier molecular flexibility index (Phi) is 6.29. The largest absolute Gasteiger partial charge is 0.433 e. The fourth-order valence-electron chi connectivity index (χ4n) is 3.50. The molecule has 2 heterocycles. The number of alkyl halides is 2. The quantitative estimate of drug-likeness (QED) is 0.537. The summed E-state index contributed by atoms with van der Waals surface area (Å²) in [5.74, 6) is 0.182. The van der Waals surface area contributed by atoms with Crippen LogP contribution in [0.25, 0.3) is 11.4 Å². The SMILES string of the molecule is O=S(=O)(Nc1ccc(F)c(-c2nnc3n2CCCCC3)c1)c1ccc(OC(F)F)c(Cl)c1. The molecular weight excluding hydrogens is 469 g/mol. The standard InChI is InChI=1S/C20H18ClF3N4O3S/c21-15-11-13(6-8-17(15)31-20(23)24)32(29,30)27-12-5-7-16(22)14(10-12)19-26-25-18-4-2-1-3-9-28(18)19/h5-8,10-11,20,27H,1-4,9H2. The van der Waals surface area contributed by atoms with Crippen LogP contribution in [-0.2, 0) is 23.0 Å². The summed E-state index contributed by atoms with van der Waals surface area (Å²) in [6.07, 6.45) is 3.67. The molecule has 2 aromatic carbocycles. The van der Waals surface area contributed by atoms with Crippen molar-refractivity contribution in [3.05, 3.63) is 53.1 Å². The van der Waals surface area contributed by atoms with Gasteiger partial charge in [0.05, 0.1) is 15.5 Å². The zero-order valence-corrected chi connectivity index (χ0v) is 18.1. The molecule has 0 atom stereocenters. The Balaban J connectivity index is 1.63. The molecule has 4 rings (SSSR count). The molecule has 7 nitrogen and oxygen atoms in total.